The highest BCUT2D eigenvalue weighted by Crippen LogP contribution is 2.35. The Labute approximate surface area is 101 Å². The molecule has 1 amide bonds. The summed E-state index contributed by atoms with van der Waals surface area (Å²) in [6, 6.07) is 4.89. The maximum atomic E-state index is 13.6. The molecule has 1 aromatic rings. The van der Waals surface area contributed by atoms with Crippen molar-refractivity contribution in [2.24, 2.45) is 5.92 Å². The zero-order valence-corrected chi connectivity index (χ0v) is 10.3. The van der Waals surface area contributed by atoms with Crippen molar-refractivity contribution in [2.75, 3.05) is 16.8 Å². The van der Waals surface area contributed by atoms with Crippen LogP contribution in [0.15, 0.2) is 18.2 Å². The molecule has 0 bridgehead atoms. The van der Waals surface area contributed by atoms with Crippen molar-refractivity contribution in [1.82, 2.24) is 0 Å². The molecule has 3 nitrogen and oxygen atoms in total. The van der Waals surface area contributed by atoms with Crippen LogP contribution < -0.4 is 10.2 Å². The second-order valence-electron chi connectivity index (χ2n) is 4.72. The van der Waals surface area contributed by atoms with E-state index in [2.05, 4.69) is 19.2 Å². The van der Waals surface area contributed by atoms with E-state index in [4.69, 9.17) is 0 Å². The molecule has 0 aromatic heterocycles. The predicted octanol–water partition coefficient (Wildman–Crippen LogP) is 2.63. The van der Waals surface area contributed by atoms with Crippen molar-refractivity contribution in [3.8, 4) is 0 Å². The molecular weight excluding hydrogens is 219 g/mol. The largest absolute Gasteiger partial charge is 0.379 e. The number of rotatable bonds is 1. The average Bonchev–Trinajstić information content (AvgIpc) is 2.27. The first-order chi connectivity index (χ1) is 8.02. The number of nitrogens with zero attached hydrogens (tertiary/aromatic N) is 1. The third-order valence-electron chi connectivity index (χ3n) is 3.18. The molecule has 0 radical (unpaired) electrons. The third kappa shape index (κ3) is 1.99. The standard InChI is InChI=1S/C13H17FN2O/c1-8(2)12-7-15-13-10(14)5-4-6-11(13)16(12)9(3)17/h4-6,8,12,15H,7H2,1-3H3/t12-/m1/s1. The summed E-state index contributed by atoms with van der Waals surface area (Å²) in [5.74, 6) is -0.0316. The van der Waals surface area contributed by atoms with Crippen LogP contribution in [-0.4, -0.2) is 18.5 Å². The molecule has 0 spiro atoms. The van der Waals surface area contributed by atoms with E-state index < -0.39 is 0 Å². The molecule has 1 aromatic carbocycles. The lowest BCUT2D eigenvalue weighted by Gasteiger charge is -2.39. The maximum Gasteiger partial charge on any atom is 0.224 e. The van der Waals surface area contributed by atoms with Gasteiger partial charge < -0.3 is 10.2 Å². The Morgan fingerprint density at radius 3 is 2.82 bits per heavy atom. The van der Waals surface area contributed by atoms with Crippen LogP contribution in [0.3, 0.4) is 0 Å². The minimum absolute atomic E-state index is 0.0444. The molecule has 92 valence electrons. The molecule has 1 aliphatic rings. The van der Waals surface area contributed by atoms with Crippen LogP contribution in [0.4, 0.5) is 15.8 Å². The molecule has 0 fully saturated rings. The average molecular weight is 236 g/mol. The molecule has 0 saturated carbocycles. The summed E-state index contributed by atoms with van der Waals surface area (Å²) < 4.78 is 13.6. The summed E-state index contributed by atoms with van der Waals surface area (Å²) in [7, 11) is 0. The molecule has 1 aliphatic heterocycles. The van der Waals surface area contributed by atoms with E-state index in [1.54, 1.807) is 17.0 Å². The SMILES string of the molecule is CC(=O)N1c2cccc(F)c2NC[C@@H]1C(C)C. The van der Waals surface area contributed by atoms with Gasteiger partial charge in [0.1, 0.15) is 5.82 Å². The highest BCUT2D eigenvalue weighted by molar-refractivity contribution is 5.97. The van der Waals surface area contributed by atoms with Crippen molar-refractivity contribution in [2.45, 2.75) is 26.8 Å². The zero-order valence-electron chi connectivity index (χ0n) is 10.3. The maximum absolute atomic E-state index is 13.6. The predicted molar refractivity (Wildman–Crippen MR) is 66.7 cm³/mol. The first-order valence-corrected chi connectivity index (χ1v) is 5.84. The van der Waals surface area contributed by atoms with E-state index >= 15 is 0 Å². The third-order valence-corrected chi connectivity index (χ3v) is 3.18. The van der Waals surface area contributed by atoms with Gasteiger partial charge in [0.05, 0.1) is 17.4 Å². The van der Waals surface area contributed by atoms with E-state index in [9.17, 15) is 9.18 Å². The van der Waals surface area contributed by atoms with Crippen molar-refractivity contribution >= 4 is 17.3 Å². The van der Waals surface area contributed by atoms with Crippen molar-refractivity contribution in [3.63, 3.8) is 0 Å². The number of para-hydroxylation sites is 1. The fourth-order valence-corrected chi connectivity index (χ4v) is 2.30. The lowest BCUT2D eigenvalue weighted by atomic mass is 9.98. The summed E-state index contributed by atoms with van der Waals surface area (Å²) in [5.41, 5.74) is 1.07. The highest BCUT2D eigenvalue weighted by Gasteiger charge is 2.32. The van der Waals surface area contributed by atoms with Crippen molar-refractivity contribution in [3.05, 3.63) is 24.0 Å². The van der Waals surface area contributed by atoms with Gasteiger partial charge in [-0.3, -0.25) is 4.79 Å². The minimum atomic E-state index is -0.309. The molecule has 17 heavy (non-hydrogen) atoms. The Kier molecular flexibility index (Phi) is 3.05. The second kappa shape index (κ2) is 4.35. The molecule has 0 unspecified atom stereocenters. The van der Waals surface area contributed by atoms with Gasteiger partial charge in [-0.25, -0.2) is 4.39 Å². The Balaban J connectivity index is 2.50. The van der Waals surface area contributed by atoms with Crippen LogP contribution in [0.1, 0.15) is 20.8 Å². The van der Waals surface area contributed by atoms with Gasteiger partial charge in [-0.1, -0.05) is 19.9 Å². The van der Waals surface area contributed by atoms with Crippen molar-refractivity contribution in [1.29, 1.82) is 0 Å². The van der Waals surface area contributed by atoms with E-state index in [1.165, 1.54) is 13.0 Å². The van der Waals surface area contributed by atoms with E-state index in [0.29, 0.717) is 23.8 Å². The molecule has 1 atom stereocenters. The normalized spacial score (nSPS) is 18.9. The number of amides is 1. The fourth-order valence-electron chi connectivity index (χ4n) is 2.30. The Morgan fingerprint density at radius 2 is 2.24 bits per heavy atom. The summed E-state index contributed by atoms with van der Waals surface area (Å²) >= 11 is 0. The number of benzene rings is 1. The number of nitrogens with one attached hydrogen (secondary N) is 1. The van der Waals surface area contributed by atoms with Crippen LogP contribution in [-0.2, 0) is 4.79 Å². The minimum Gasteiger partial charge on any atom is -0.379 e. The molecule has 0 saturated heterocycles. The first kappa shape index (κ1) is 11.9. The first-order valence-electron chi connectivity index (χ1n) is 5.84. The van der Waals surface area contributed by atoms with Gasteiger partial charge in [-0.15, -0.1) is 0 Å². The van der Waals surface area contributed by atoms with E-state index in [0.717, 1.165) is 0 Å². The topological polar surface area (TPSA) is 32.3 Å². The highest BCUT2D eigenvalue weighted by atomic mass is 19.1. The van der Waals surface area contributed by atoms with Gasteiger partial charge in [0, 0.05) is 13.5 Å². The van der Waals surface area contributed by atoms with Crippen molar-refractivity contribution < 1.29 is 9.18 Å². The molecular formula is C13H17FN2O. The van der Waals surface area contributed by atoms with Gasteiger partial charge in [-0.2, -0.15) is 0 Å². The van der Waals surface area contributed by atoms with Crippen LogP contribution in [0, 0.1) is 11.7 Å². The lowest BCUT2D eigenvalue weighted by Crippen LogP contribution is -2.49. The van der Waals surface area contributed by atoms with Crippen LogP contribution in [0.5, 0.6) is 0 Å². The molecule has 4 heteroatoms. The quantitative estimate of drug-likeness (QED) is 0.813. The number of fused-ring (bicyclic) bond motifs is 1. The number of halogens is 1. The molecule has 2 rings (SSSR count). The number of carbonyl (C=O) groups excluding carboxylic acids is 1. The Morgan fingerprint density at radius 1 is 1.53 bits per heavy atom. The van der Waals surface area contributed by atoms with Gasteiger partial charge in [0.25, 0.3) is 0 Å². The fraction of sp³-hybridized carbons (Fsp3) is 0.462. The number of carbonyl (C=O) groups is 1. The molecule has 1 N–H and O–H groups in total. The summed E-state index contributed by atoms with van der Waals surface area (Å²) in [4.78, 5) is 13.5. The van der Waals surface area contributed by atoms with Gasteiger partial charge in [0.15, 0.2) is 0 Å². The number of hydrogen-bond donors (Lipinski definition) is 1. The van der Waals surface area contributed by atoms with Gasteiger partial charge in [0.2, 0.25) is 5.91 Å². The van der Waals surface area contributed by atoms with E-state index in [-0.39, 0.29) is 17.8 Å². The molecule has 0 aliphatic carbocycles. The monoisotopic (exact) mass is 236 g/mol. The van der Waals surface area contributed by atoms with Crippen LogP contribution in [0.2, 0.25) is 0 Å². The van der Waals surface area contributed by atoms with Gasteiger partial charge in [-0.05, 0) is 18.1 Å². The Bertz CT molecular complexity index is 445. The number of anilines is 2. The summed E-state index contributed by atoms with van der Waals surface area (Å²) in [5, 5.41) is 3.08. The summed E-state index contributed by atoms with van der Waals surface area (Å²) in [6.45, 7) is 6.24. The Hall–Kier alpha value is -1.58. The van der Waals surface area contributed by atoms with Crippen LogP contribution in [0.25, 0.3) is 0 Å². The van der Waals surface area contributed by atoms with Gasteiger partial charge >= 0.3 is 0 Å². The lowest BCUT2D eigenvalue weighted by molar-refractivity contribution is -0.117. The zero-order chi connectivity index (χ0) is 12.6. The molecule has 1 heterocycles. The summed E-state index contributed by atoms with van der Waals surface area (Å²) in [6.07, 6.45) is 0. The van der Waals surface area contributed by atoms with Crippen LogP contribution >= 0.6 is 0 Å². The van der Waals surface area contributed by atoms with E-state index in [1.807, 2.05) is 0 Å². The number of hydrogen-bond acceptors (Lipinski definition) is 2. The smallest absolute Gasteiger partial charge is 0.224 e. The second-order valence-corrected chi connectivity index (χ2v) is 4.72.